The Hall–Kier alpha value is -3.69. The van der Waals surface area contributed by atoms with Gasteiger partial charge < -0.3 is 15.0 Å². The average Bonchev–Trinajstić information content (AvgIpc) is 3.28. The summed E-state index contributed by atoms with van der Waals surface area (Å²) in [4.78, 5) is 26.8. The monoisotopic (exact) mass is 493 g/mol. The van der Waals surface area contributed by atoms with Gasteiger partial charge in [-0.1, -0.05) is 42.5 Å². The molecule has 0 saturated carbocycles. The molecule has 3 aromatic rings. The number of fused-ring (bicyclic) bond motifs is 1. The van der Waals surface area contributed by atoms with Gasteiger partial charge in [-0.25, -0.2) is 8.42 Å². The Morgan fingerprint density at radius 2 is 1.74 bits per heavy atom. The molecule has 0 radical (unpaired) electrons. The lowest BCUT2D eigenvalue weighted by atomic mass is 10.1. The minimum Gasteiger partial charge on any atom is -0.495 e. The van der Waals surface area contributed by atoms with Crippen molar-refractivity contribution >= 4 is 33.2 Å². The summed E-state index contributed by atoms with van der Waals surface area (Å²) in [6.45, 7) is 2.00. The van der Waals surface area contributed by atoms with Gasteiger partial charge in [0.2, 0.25) is 21.8 Å². The minimum absolute atomic E-state index is 0.0461. The second-order valence-corrected chi connectivity index (χ2v) is 9.98. The maximum absolute atomic E-state index is 13.3. The van der Waals surface area contributed by atoms with Crippen molar-refractivity contribution in [2.45, 2.75) is 30.7 Å². The van der Waals surface area contributed by atoms with E-state index in [4.69, 9.17) is 4.74 Å². The number of carbonyl (C=O) groups excluding carboxylic acids is 2. The molecule has 1 atom stereocenters. The molecule has 0 aromatic heterocycles. The van der Waals surface area contributed by atoms with Crippen LogP contribution in [0.15, 0.2) is 77.7 Å². The van der Waals surface area contributed by atoms with Crippen LogP contribution in [-0.2, 0) is 32.5 Å². The molecule has 0 fully saturated rings. The van der Waals surface area contributed by atoms with Crippen LogP contribution >= 0.6 is 0 Å². The normalized spacial score (nSPS) is 13.7. The van der Waals surface area contributed by atoms with Crippen molar-refractivity contribution in [2.75, 3.05) is 23.9 Å². The predicted octanol–water partition coefficient (Wildman–Crippen LogP) is 3.13. The molecule has 182 valence electrons. The van der Waals surface area contributed by atoms with E-state index in [1.54, 1.807) is 41.3 Å². The predicted molar refractivity (Wildman–Crippen MR) is 134 cm³/mol. The summed E-state index contributed by atoms with van der Waals surface area (Å²) in [5.74, 6) is -0.130. The molecule has 2 amide bonds. The van der Waals surface area contributed by atoms with Gasteiger partial charge in [-0.2, -0.15) is 4.72 Å². The summed E-state index contributed by atoms with van der Waals surface area (Å²) in [5.41, 5.74) is 2.74. The van der Waals surface area contributed by atoms with Gasteiger partial charge in [0.1, 0.15) is 11.8 Å². The van der Waals surface area contributed by atoms with Crippen molar-refractivity contribution in [1.29, 1.82) is 0 Å². The molecule has 0 saturated heterocycles. The smallest absolute Gasteiger partial charge is 0.243 e. The van der Waals surface area contributed by atoms with Gasteiger partial charge in [-0.3, -0.25) is 9.59 Å². The zero-order valence-electron chi connectivity index (χ0n) is 19.5. The van der Waals surface area contributed by atoms with Crippen LogP contribution in [-0.4, -0.2) is 39.9 Å². The third-order valence-corrected chi connectivity index (χ3v) is 7.37. The van der Waals surface area contributed by atoms with Gasteiger partial charge in [0.05, 0.1) is 17.7 Å². The number of ether oxygens (including phenoxy) is 1. The number of nitrogens with zero attached hydrogens (tertiary/aromatic N) is 1. The number of hydrogen-bond acceptors (Lipinski definition) is 5. The molecule has 1 aliphatic heterocycles. The van der Waals surface area contributed by atoms with E-state index < -0.39 is 22.0 Å². The zero-order valence-corrected chi connectivity index (χ0v) is 20.3. The molecular weight excluding hydrogens is 466 g/mol. The van der Waals surface area contributed by atoms with Gasteiger partial charge in [-0.05, 0) is 54.3 Å². The lowest BCUT2D eigenvalue weighted by Gasteiger charge is -2.20. The summed E-state index contributed by atoms with van der Waals surface area (Å²) in [6.07, 6.45) is 0.726. The highest BCUT2D eigenvalue weighted by Crippen LogP contribution is 2.30. The number of rotatable bonds is 8. The van der Waals surface area contributed by atoms with Crippen LogP contribution in [0.25, 0.3) is 0 Å². The third kappa shape index (κ3) is 5.52. The number of amides is 2. The molecule has 0 unspecified atom stereocenters. The number of carbonyl (C=O) groups is 2. The molecule has 3 aromatic carbocycles. The Morgan fingerprint density at radius 1 is 1.03 bits per heavy atom. The molecule has 2 N–H and O–H groups in total. The van der Waals surface area contributed by atoms with Gasteiger partial charge in [0, 0.05) is 19.2 Å². The first-order valence-corrected chi connectivity index (χ1v) is 12.7. The standard InChI is InChI=1S/C26H27N3O5S/c1-18(30)29-15-14-20-17-21(12-13-24(20)29)35(32,33)28-23(16-19-8-4-3-5-9-19)26(31)27-22-10-6-7-11-25(22)34-2/h3-13,17,23,28H,14-16H2,1-2H3,(H,27,31)/t23-/m0/s1. The maximum atomic E-state index is 13.3. The van der Waals surface area contributed by atoms with Gasteiger partial charge in [-0.15, -0.1) is 0 Å². The average molecular weight is 494 g/mol. The highest BCUT2D eigenvalue weighted by molar-refractivity contribution is 7.89. The number of benzene rings is 3. The Labute approximate surface area is 205 Å². The van der Waals surface area contributed by atoms with Crippen molar-refractivity contribution in [3.8, 4) is 5.75 Å². The van der Waals surface area contributed by atoms with Crippen molar-refractivity contribution < 1.29 is 22.7 Å². The fourth-order valence-corrected chi connectivity index (χ4v) is 5.38. The summed E-state index contributed by atoms with van der Waals surface area (Å²) in [6, 6.07) is 19.7. The largest absolute Gasteiger partial charge is 0.495 e. The summed E-state index contributed by atoms with van der Waals surface area (Å²) in [5, 5.41) is 2.78. The van der Waals surface area contributed by atoms with E-state index in [1.807, 2.05) is 30.3 Å². The Balaban J connectivity index is 1.61. The minimum atomic E-state index is -4.04. The number of anilines is 2. The second kappa shape index (κ2) is 10.3. The van der Waals surface area contributed by atoms with Crippen molar-refractivity contribution in [3.63, 3.8) is 0 Å². The van der Waals surface area contributed by atoms with Crippen LogP contribution < -0.4 is 19.7 Å². The number of sulfonamides is 1. The number of para-hydroxylation sites is 2. The molecule has 1 aliphatic rings. The lowest BCUT2D eigenvalue weighted by molar-refractivity contribution is -0.118. The quantitative estimate of drug-likeness (QED) is 0.502. The first-order valence-electron chi connectivity index (χ1n) is 11.2. The SMILES string of the molecule is COc1ccccc1NC(=O)[C@H](Cc1ccccc1)NS(=O)(=O)c1ccc2c(c1)CCN2C(C)=O. The van der Waals surface area contributed by atoms with E-state index in [9.17, 15) is 18.0 Å². The molecule has 1 heterocycles. The van der Waals surface area contributed by atoms with Crippen LogP contribution in [0.1, 0.15) is 18.1 Å². The van der Waals surface area contributed by atoms with E-state index >= 15 is 0 Å². The lowest BCUT2D eigenvalue weighted by Crippen LogP contribution is -2.45. The van der Waals surface area contributed by atoms with Crippen LogP contribution in [0.3, 0.4) is 0 Å². The van der Waals surface area contributed by atoms with E-state index in [0.29, 0.717) is 30.1 Å². The van der Waals surface area contributed by atoms with Crippen LogP contribution in [0.5, 0.6) is 5.75 Å². The molecule has 0 spiro atoms. The van der Waals surface area contributed by atoms with Crippen molar-refractivity contribution in [3.05, 3.63) is 83.9 Å². The van der Waals surface area contributed by atoms with E-state index in [0.717, 1.165) is 11.1 Å². The Morgan fingerprint density at radius 3 is 2.46 bits per heavy atom. The summed E-state index contributed by atoms with van der Waals surface area (Å²) < 4.78 is 34.5. The molecular formula is C26H27N3O5S. The van der Waals surface area contributed by atoms with E-state index in [2.05, 4.69) is 10.0 Å². The number of methoxy groups -OCH3 is 1. The number of nitrogens with one attached hydrogen (secondary N) is 2. The van der Waals surface area contributed by atoms with Gasteiger partial charge in [0.15, 0.2) is 0 Å². The highest BCUT2D eigenvalue weighted by Gasteiger charge is 2.29. The highest BCUT2D eigenvalue weighted by atomic mass is 32.2. The molecule has 8 nitrogen and oxygen atoms in total. The summed E-state index contributed by atoms with van der Waals surface area (Å²) in [7, 11) is -2.54. The zero-order chi connectivity index (χ0) is 25.0. The molecule has 35 heavy (non-hydrogen) atoms. The molecule has 0 aliphatic carbocycles. The fraction of sp³-hybridized carbons (Fsp3) is 0.231. The van der Waals surface area contributed by atoms with Crippen molar-refractivity contribution in [1.82, 2.24) is 4.72 Å². The van der Waals surface area contributed by atoms with E-state index in [-0.39, 0.29) is 17.2 Å². The van der Waals surface area contributed by atoms with Gasteiger partial charge >= 0.3 is 0 Å². The second-order valence-electron chi connectivity index (χ2n) is 8.26. The van der Waals surface area contributed by atoms with Crippen molar-refractivity contribution in [2.24, 2.45) is 0 Å². The third-order valence-electron chi connectivity index (χ3n) is 5.90. The number of hydrogen-bond donors (Lipinski definition) is 2. The van der Waals surface area contributed by atoms with Crippen LogP contribution in [0.2, 0.25) is 0 Å². The first-order chi connectivity index (χ1) is 16.8. The Kier molecular flexibility index (Phi) is 7.18. The molecule has 0 bridgehead atoms. The summed E-state index contributed by atoms with van der Waals surface area (Å²) >= 11 is 0. The molecule has 9 heteroatoms. The topological polar surface area (TPSA) is 105 Å². The fourth-order valence-electron chi connectivity index (χ4n) is 4.13. The maximum Gasteiger partial charge on any atom is 0.243 e. The first kappa shape index (κ1) is 24.4. The van der Waals surface area contributed by atoms with Crippen LogP contribution in [0, 0.1) is 0 Å². The Bertz CT molecular complexity index is 1340. The van der Waals surface area contributed by atoms with Crippen LogP contribution in [0.4, 0.5) is 11.4 Å². The van der Waals surface area contributed by atoms with E-state index in [1.165, 1.54) is 20.1 Å². The molecule has 4 rings (SSSR count). The van der Waals surface area contributed by atoms with Gasteiger partial charge in [0.25, 0.3) is 0 Å².